The molecule has 0 aromatic carbocycles. The summed E-state index contributed by atoms with van der Waals surface area (Å²) < 4.78 is 5.81. The number of hydrogen-bond acceptors (Lipinski definition) is 1. The minimum absolute atomic E-state index is 0.415. The molecular formula is C13H24O. The molecule has 1 spiro atoms. The van der Waals surface area contributed by atoms with Crippen molar-refractivity contribution in [3.63, 3.8) is 0 Å². The highest BCUT2D eigenvalue weighted by Crippen LogP contribution is 2.61. The van der Waals surface area contributed by atoms with Gasteiger partial charge in [0.05, 0.1) is 12.2 Å². The summed E-state index contributed by atoms with van der Waals surface area (Å²) in [5.41, 5.74) is 0.731. The van der Waals surface area contributed by atoms with Crippen LogP contribution in [-0.2, 0) is 4.74 Å². The highest BCUT2D eigenvalue weighted by atomic mass is 16.5. The van der Waals surface area contributed by atoms with Crippen molar-refractivity contribution in [3.8, 4) is 0 Å². The molecule has 0 N–H and O–H groups in total. The minimum atomic E-state index is 0.415. The van der Waals surface area contributed by atoms with Crippen LogP contribution in [0.25, 0.3) is 0 Å². The van der Waals surface area contributed by atoms with E-state index < -0.39 is 0 Å². The van der Waals surface area contributed by atoms with Crippen LogP contribution in [0.4, 0.5) is 0 Å². The van der Waals surface area contributed by atoms with Crippen molar-refractivity contribution in [1.82, 2.24) is 0 Å². The zero-order valence-corrected chi connectivity index (χ0v) is 10.0. The van der Waals surface area contributed by atoms with Gasteiger partial charge in [-0.15, -0.1) is 0 Å². The van der Waals surface area contributed by atoms with Gasteiger partial charge in [-0.2, -0.15) is 0 Å². The molecule has 0 saturated heterocycles. The summed E-state index contributed by atoms with van der Waals surface area (Å²) in [6.45, 7) is 9.00. The molecule has 2 saturated carbocycles. The van der Waals surface area contributed by atoms with Gasteiger partial charge in [0.15, 0.2) is 0 Å². The summed E-state index contributed by atoms with van der Waals surface area (Å²) in [7, 11) is 0. The normalized spacial score (nSPS) is 41.6. The third kappa shape index (κ3) is 1.84. The van der Waals surface area contributed by atoms with Crippen LogP contribution >= 0.6 is 0 Å². The van der Waals surface area contributed by atoms with E-state index in [4.69, 9.17) is 4.74 Å². The lowest BCUT2D eigenvalue weighted by atomic mass is 9.49. The molecule has 0 radical (unpaired) electrons. The largest absolute Gasteiger partial charge is 0.376 e. The summed E-state index contributed by atoms with van der Waals surface area (Å²) >= 11 is 0. The first-order chi connectivity index (χ1) is 6.51. The number of ether oxygens (including phenoxy) is 1. The molecule has 1 nitrogen and oxygen atoms in total. The van der Waals surface area contributed by atoms with E-state index in [1.807, 2.05) is 0 Å². The Morgan fingerprint density at radius 1 is 1.00 bits per heavy atom. The van der Waals surface area contributed by atoms with E-state index in [0.29, 0.717) is 12.2 Å². The Morgan fingerprint density at radius 2 is 1.57 bits per heavy atom. The zero-order valence-electron chi connectivity index (χ0n) is 10.0. The monoisotopic (exact) mass is 196 g/mol. The topological polar surface area (TPSA) is 9.23 Å². The average Bonchev–Trinajstić information content (AvgIpc) is 1.89. The maximum Gasteiger partial charge on any atom is 0.0589 e. The first kappa shape index (κ1) is 10.5. The lowest BCUT2D eigenvalue weighted by Gasteiger charge is -2.59. The van der Waals surface area contributed by atoms with Crippen LogP contribution < -0.4 is 0 Å². The molecule has 2 fully saturated rings. The molecule has 0 amide bonds. The zero-order chi connectivity index (χ0) is 10.3. The second-order valence-electron chi connectivity index (χ2n) is 6.13. The Morgan fingerprint density at radius 3 is 2.00 bits per heavy atom. The molecule has 2 aliphatic carbocycles. The number of hydrogen-bond donors (Lipinski definition) is 0. The molecule has 0 aromatic rings. The van der Waals surface area contributed by atoms with Gasteiger partial charge in [-0.3, -0.25) is 0 Å². The SMILES string of the molecule is CC(C)OC1CC2(C1)CC(C(C)C)C2. The molecule has 0 atom stereocenters. The Bertz CT molecular complexity index is 193. The summed E-state index contributed by atoms with van der Waals surface area (Å²) in [5, 5.41) is 0. The van der Waals surface area contributed by atoms with Crippen molar-refractivity contribution in [2.24, 2.45) is 17.3 Å². The Balaban J connectivity index is 1.69. The van der Waals surface area contributed by atoms with Crippen LogP contribution in [0.1, 0.15) is 53.4 Å². The van der Waals surface area contributed by atoms with Crippen molar-refractivity contribution in [1.29, 1.82) is 0 Å². The maximum absolute atomic E-state index is 5.81. The quantitative estimate of drug-likeness (QED) is 0.670. The third-order valence-corrected chi connectivity index (χ3v) is 4.12. The fourth-order valence-corrected chi connectivity index (χ4v) is 3.24. The van der Waals surface area contributed by atoms with Gasteiger partial charge >= 0.3 is 0 Å². The van der Waals surface area contributed by atoms with Gasteiger partial charge in [-0.25, -0.2) is 0 Å². The second-order valence-corrected chi connectivity index (χ2v) is 6.13. The fourth-order valence-electron chi connectivity index (χ4n) is 3.24. The first-order valence-electron chi connectivity index (χ1n) is 6.16. The lowest BCUT2D eigenvalue weighted by Crippen LogP contribution is -2.52. The summed E-state index contributed by atoms with van der Waals surface area (Å²) in [6.07, 6.45) is 6.63. The van der Waals surface area contributed by atoms with Crippen LogP contribution in [0.15, 0.2) is 0 Å². The van der Waals surface area contributed by atoms with E-state index in [0.717, 1.165) is 17.3 Å². The molecule has 2 rings (SSSR count). The fraction of sp³-hybridized carbons (Fsp3) is 1.00. The highest BCUT2D eigenvalue weighted by Gasteiger charge is 2.53. The smallest absolute Gasteiger partial charge is 0.0589 e. The summed E-state index contributed by atoms with van der Waals surface area (Å²) in [6, 6.07) is 0. The van der Waals surface area contributed by atoms with Crippen molar-refractivity contribution in [3.05, 3.63) is 0 Å². The molecule has 14 heavy (non-hydrogen) atoms. The first-order valence-corrected chi connectivity index (χ1v) is 6.16. The maximum atomic E-state index is 5.81. The second kappa shape index (κ2) is 3.52. The van der Waals surface area contributed by atoms with E-state index >= 15 is 0 Å². The molecule has 0 bridgehead atoms. The van der Waals surface area contributed by atoms with Gasteiger partial charge in [0.25, 0.3) is 0 Å². The van der Waals surface area contributed by atoms with Gasteiger partial charge < -0.3 is 4.74 Å². The third-order valence-electron chi connectivity index (χ3n) is 4.12. The molecule has 82 valence electrons. The standard InChI is InChI=1S/C13H24O/c1-9(2)11-5-13(6-11)7-12(8-13)14-10(3)4/h9-12H,5-8H2,1-4H3. The van der Waals surface area contributed by atoms with Gasteiger partial charge in [0.2, 0.25) is 0 Å². The molecule has 1 heteroatoms. The van der Waals surface area contributed by atoms with Gasteiger partial charge in [0.1, 0.15) is 0 Å². The average molecular weight is 196 g/mol. The Hall–Kier alpha value is -0.0400. The van der Waals surface area contributed by atoms with Crippen LogP contribution in [0, 0.1) is 17.3 Å². The van der Waals surface area contributed by atoms with Crippen LogP contribution in [0.5, 0.6) is 0 Å². The molecule has 0 aromatic heterocycles. The van der Waals surface area contributed by atoms with Gasteiger partial charge in [0, 0.05) is 0 Å². The molecular weight excluding hydrogens is 172 g/mol. The highest BCUT2D eigenvalue weighted by molar-refractivity contribution is 5.04. The van der Waals surface area contributed by atoms with E-state index in [-0.39, 0.29) is 0 Å². The van der Waals surface area contributed by atoms with Gasteiger partial charge in [-0.1, -0.05) is 13.8 Å². The molecule has 2 aliphatic rings. The molecule has 0 heterocycles. The van der Waals surface area contributed by atoms with E-state index in [1.54, 1.807) is 0 Å². The van der Waals surface area contributed by atoms with Crippen molar-refractivity contribution < 1.29 is 4.74 Å². The Labute approximate surface area is 88.2 Å². The van der Waals surface area contributed by atoms with Crippen LogP contribution in [0.3, 0.4) is 0 Å². The molecule has 0 unspecified atom stereocenters. The van der Waals surface area contributed by atoms with E-state index in [9.17, 15) is 0 Å². The summed E-state index contributed by atoms with van der Waals surface area (Å²) in [4.78, 5) is 0. The van der Waals surface area contributed by atoms with Crippen molar-refractivity contribution in [2.45, 2.75) is 65.6 Å². The Kier molecular flexibility index (Phi) is 2.63. The van der Waals surface area contributed by atoms with Crippen LogP contribution in [0.2, 0.25) is 0 Å². The van der Waals surface area contributed by atoms with Crippen molar-refractivity contribution in [2.75, 3.05) is 0 Å². The molecule has 0 aliphatic heterocycles. The van der Waals surface area contributed by atoms with Gasteiger partial charge in [-0.05, 0) is 56.8 Å². The predicted molar refractivity (Wildman–Crippen MR) is 59.2 cm³/mol. The van der Waals surface area contributed by atoms with E-state index in [2.05, 4.69) is 27.7 Å². The minimum Gasteiger partial charge on any atom is -0.376 e. The lowest BCUT2D eigenvalue weighted by molar-refractivity contribution is -0.159. The predicted octanol–water partition coefficient (Wildman–Crippen LogP) is 3.63. The number of rotatable bonds is 3. The van der Waals surface area contributed by atoms with Crippen LogP contribution in [-0.4, -0.2) is 12.2 Å². The van der Waals surface area contributed by atoms with E-state index in [1.165, 1.54) is 25.7 Å². The van der Waals surface area contributed by atoms with Crippen molar-refractivity contribution >= 4 is 0 Å². The summed E-state index contributed by atoms with van der Waals surface area (Å²) in [5.74, 6) is 1.90.